The highest BCUT2D eigenvalue weighted by Crippen LogP contribution is 2.36. The quantitative estimate of drug-likeness (QED) is 0.333. The highest BCUT2D eigenvalue weighted by atomic mass is 35.5. The summed E-state index contributed by atoms with van der Waals surface area (Å²) in [6.07, 6.45) is -0.108. The Hall–Kier alpha value is -1.64. The third kappa shape index (κ3) is 6.93. The Morgan fingerprint density at radius 1 is 1.15 bits per heavy atom. The van der Waals surface area contributed by atoms with Crippen LogP contribution < -0.4 is 15.4 Å². The van der Waals surface area contributed by atoms with E-state index in [1.807, 2.05) is 19.1 Å². The molecule has 8 heteroatoms. The third-order valence-corrected chi connectivity index (χ3v) is 11.3. The number of hydrogen-bond acceptors (Lipinski definition) is 5. The van der Waals surface area contributed by atoms with E-state index in [9.17, 15) is 4.39 Å². The first-order valence-electron chi connectivity index (χ1n) is 11.4. The van der Waals surface area contributed by atoms with Gasteiger partial charge in [0.15, 0.2) is 8.32 Å². The van der Waals surface area contributed by atoms with Gasteiger partial charge in [0.25, 0.3) is 0 Å². The fraction of sp³-hybridized carbons (Fsp3) is 0.520. The van der Waals surface area contributed by atoms with Crippen molar-refractivity contribution in [3.8, 4) is 5.75 Å². The largest absolute Gasteiger partial charge is 0.490 e. The summed E-state index contributed by atoms with van der Waals surface area (Å²) < 4.78 is 31.2. The van der Waals surface area contributed by atoms with Gasteiger partial charge >= 0.3 is 0 Å². The summed E-state index contributed by atoms with van der Waals surface area (Å²) in [5, 5.41) is 7.75. The molecule has 0 saturated carbocycles. The van der Waals surface area contributed by atoms with E-state index in [2.05, 4.69) is 44.5 Å². The van der Waals surface area contributed by atoms with E-state index in [-0.39, 0.29) is 23.1 Å². The number of benzene rings is 2. The molecule has 3 rings (SSSR count). The minimum atomic E-state index is -1.81. The van der Waals surface area contributed by atoms with Gasteiger partial charge in [-0.05, 0) is 54.4 Å². The third-order valence-electron chi connectivity index (χ3n) is 6.46. The molecule has 1 fully saturated rings. The Balaban J connectivity index is 1.60. The number of anilines is 1. The van der Waals surface area contributed by atoms with Crippen molar-refractivity contribution in [3.63, 3.8) is 0 Å². The molecule has 2 aromatic rings. The van der Waals surface area contributed by atoms with E-state index in [4.69, 9.17) is 25.5 Å². The number of aryl methyl sites for hydroxylation is 1. The Kier molecular flexibility index (Phi) is 8.45. The zero-order chi connectivity index (χ0) is 24.2. The van der Waals surface area contributed by atoms with Crippen molar-refractivity contribution in [3.05, 3.63) is 58.4 Å². The average Bonchev–Trinajstić information content (AvgIpc) is 2.74. The van der Waals surface area contributed by atoms with Crippen LogP contribution in [0.25, 0.3) is 0 Å². The maximum atomic E-state index is 13.3. The van der Waals surface area contributed by atoms with Gasteiger partial charge in [0, 0.05) is 11.8 Å². The van der Waals surface area contributed by atoms with Gasteiger partial charge in [0.1, 0.15) is 24.3 Å². The van der Waals surface area contributed by atoms with Crippen molar-refractivity contribution >= 4 is 25.6 Å². The average molecular weight is 495 g/mol. The molecule has 2 aromatic carbocycles. The number of hydrogen-bond donors (Lipinski definition) is 2. The van der Waals surface area contributed by atoms with E-state index in [0.29, 0.717) is 37.2 Å². The first-order chi connectivity index (χ1) is 15.5. The first kappa shape index (κ1) is 26.0. The maximum absolute atomic E-state index is 13.3. The number of rotatable bonds is 8. The molecule has 0 amide bonds. The normalized spacial score (nSPS) is 19.4. The summed E-state index contributed by atoms with van der Waals surface area (Å²) in [4.78, 5) is 0. The van der Waals surface area contributed by atoms with Crippen LogP contribution in [0.4, 0.5) is 10.1 Å². The number of nitrogens with one attached hydrogen (secondary N) is 2. The van der Waals surface area contributed by atoms with Crippen molar-refractivity contribution in [1.82, 2.24) is 5.32 Å². The molecule has 0 aliphatic carbocycles. The number of ether oxygens (including phenoxy) is 2. The van der Waals surface area contributed by atoms with Gasteiger partial charge in [0.05, 0.1) is 30.9 Å². The van der Waals surface area contributed by atoms with E-state index < -0.39 is 8.32 Å². The fourth-order valence-electron chi connectivity index (χ4n) is 3.39. The molecular weight excluding hydrogens is 459 g/mol. The van der Waals surface area contributed by atoms with Crippen molar-refractivity contribution in [2.45, 2.75) is 58.0 Å². The molecular formula is C25H36ClFN2O3Si. The molecule has 1 heterocycles. The summed E-state index contributed by atoms with van der Waals surface area (Å²) >= 11 is 6.45. The zero-order valence-corrected chi connectivity index (χ0v) is 22.2. The van der Waals surface area contributed by atoms with Crippen molar-refractivity contribution in [2.75, 3.05) is 31.7 Å². The molecule has 0 spiro atoms. The second-order valence-electron chi connectivity index (χ2n) is 10.1. The SMILES string of the molecule is Cc1cc(Cl)c(OCCO[Si](C)(C)C(C)(C)C)cc1N[C@@H]1COCC(c2ccc(F)cc2)N1. The highest BCUT2D eigenvalue weighted by Gasteiger charge is 2.37. The Bertz CT molecular complexity index is 934. The second-order valence-corrected chi connectivity index (χ2v) is 15.3. The van der Waals surface area contributed by atoms with Crippen LogP contribution in [-0.4, -0.2) is 40.9 Å². The number of morpholine rings is 1. The minimum absolute atomic E-state index is 0.0207. The molecule has 5 nitrogen and oxygen atoms in total. The zero-order valence-electron chi connectivity index (χ0n) is 20.4. The lowest BCUT2D eigenvalue weighted by Gasteiger charge is -2.36. The van der Waals surface area contributed by atoms with Crippen LogP contribution in [0, 0.1) is 12.7 Å². The van der Waals surface area contributed by atoms with Crippen LogP contribution in [0.5, 0.6) is 5.75 Å². The molecule has 33 heavy (non-hydrogen) atoms. The second kappa shape index (κ2) is 10.7. The standard InChI is InChI=1S/C25H36ClFN2O3Si/c1-17-13-20(26)23(31-11-12-32-33(5,6)25(2,3)4)14-21(17)28-24-16-30-15-22(29-24)18-7-9-19(27)10-8-18/h7-10,13-14,22,24,28-29H,11-12,15-16H2,1-6H3/t22?,24-/m0/s1. The van der Waals surface area contributed by atoms with Crippen LogP contribution in [0.3, 0.4) is 0 Å². The van der Waals surface area contributed by atoms with E-state index >= 15 is 0 Å². The summed E-state index contributed by atoms with van der Waals surface area (Å²) in [5.41, 5.74) is 2.91. The molecule has 182 valence electrons. The fourth-order valence-corrected chi connectivity index (χ4v) is 4.68. The van der Waals surface area contributed by atoms with Crippen molar-refractivity contribution < 1.29 is 18.3 Å². The van der Waals surface area contributed by atoms with E-state index in [1.165, 1.54) is 12.1 Å². The molecule has 1 saturated heterocycles. The summed E-state index contributed by atoms with van der Waals surface area (Å²) in [5.74, 6) is 0.375. The minimum Gasteiger partial charge on any atom is -0.490 e. The van der Waals surface area contributed by atoms with E-state index in [0.717, 1.165) is 16.8 Å². The highest BCUT2D eigenvalue weighted by molar-refractivity contribution is 6.74. The van der Waals surface area contributed by atoms with Crippen LogP contribution in [0.15, 0.2) is 36.4 Å². The summed E-state index contributed by atoms with van der Waals surface area (Å²) in [7, 11) is -1.81. The Labute approximate surface area is 203 Å². The summed E-state index contributed by atoms with van der Waals surface area (Å²) in [6, 6.07) is 10.3. The molecule has 0 aromatic heterocycles. The molecule has 1 aliphatic rings. The predicted octanol–water partition coefficient (Wildman–Crippen LogP) is 6.29. The molecule has 1 unspecified atom stereocenters. The topological polar surface area (TPSA) is 51.8 Å². The predicted molar refractivity (Wildman–Crippen MR) is 135 cm³/mol. The van der Waals surface area contributed by atoms with Gasteiger partial charge in [-0.2, -0.15) is 0 Å². The van der Waals surface area contributed by atoms with Gasteiger partial charge in [0.2, 0.25) is 0 Å². The van der Waals surface area contributed by atoms with Crippen LogP contribution in [-0.2, 0) is 9.16 Å². The van der Waals surface area contributed by atoms with Crippen LogP contribution in [0.1, 0.15) is 37.9 Å². The number of halogens is 2. The monoisotopic (exact) mass is 494 g/mol. The smallest absolute Gasteiger partial charge is 0.192 e. The van der Waals surface area contributed by atoms with Crippen LogP contribution >= 0.6 is 11.6 Å². The van der Waals surface area contributed by atoms with E-state index in [1.54, 1.807) is 12.1 Å². The van der Waals surface area contributed by atoms with Gasteiger partial charge in [-0.15, -0.1) is 0 Å². The Morgan fingerprint density at radius 3 is 2.52 bits per heavy atom. The summed E-state index contributed by atoms with van der Waals surface area (Å²) in [6.45, 7) is 15.1. The molecule has 0 bridgehead atoms. The van der Waals surface area contributed by atoms with Crippen molar-refractivity contribution in [1.29, 1.82) is 0 Å². The molecule has 2 N–H and O–H groups in total. The lowest BCUT2D eigenvalue weighted by Crippen LogP contribution is -2.48. The molecule has 2 atom stereocenters. The van der Waals surface area contributed by atoms with Gasteiger partial charge in [-0.1, -0.05) is 44.5 Å². The van der Waals surface area contributed by atoms with Gasteiger partial charge in [-0.3, -0.25) is 5.32 Å². The van der Waals surface area contributed by atoms with Crippen LogP contribution in [0.2, 0.25) is 23.2 Å². The Morgan fingerprint density at radius 2 is 1.85 bits per heavy atom. The van der Waals surface area contributed by atoms with Crippen molar-refractivity contribution in [2.24, 2.45) is 0 Å². The molecule has 0 radical (unpaired) electrons. The van der Waals surface area contributed by atoms with Gasteiger partial charge < -0.3 is 19.2 Å². The lowest BCUT2D eigenvalue weighted by molar-refractivity contribution is 0.0528. The van der Waals surface area contributed by atoms with Gasteiger partial charge in [-0.25, -0.2) is 4.39 Å². The maximum Gasteiger partial charge on any atom is 0.192 e. The lowest BCUT2D eigenvalue weighted by atomic mass is 10.1. The molecule has 1 aliphatic heterocycles. The first-order valence-corrected chi connectivity index (χ1v) is 14.7.